The summed E-state index contributed by atoms with van der Waals surface area (Å²) in [5, 5.41) is 34.2. The zero-order chi connectivity index (χ0) is 20.8. The number of carbonyl (C=O) groups is 2. The quantitative estimate of drug-likeness (QED) is 0.357. The predicted molar refractivity (Wildman–Crippen MR) is 102 cm³/mol. The van der Waals surface area contributed by atoms with Crippen LogP contribution in [0.1, 0.15) is 26.7 Å². The third kappa shape index (κ3) is 12.0. The molecular formula is C17H29BN2O7. The Kier molecular flexibility index (Phi) is 12.9. The average Bonchev–Trinajstić information content (AvgIpc) is 3.05. The van der Waals surface area contributed by atoms with Crippen LogP contribution in [0, 0.1) is 5.92 Å². The lowest BCUT2D eigenvalue weighted by Crippen LogP contribution is -2.31. The van der Waals surface area contributed by atoms with E-state index in [1.54, 1.807) is 0 Å². The Morgan fingerprint density at radius 3 is 2.19 bits per heavy atom. The van der Waals surface area contributed by atoms with Crippen molar-refractivity contribution in [3.8, 4) is 5.75 Å². The van der Waals surface area contributed by atoms with E-state index in [0.717, 1.165) is 5.75 Å². The van der Waals surface area contributed by atoms with Crippen LogP contribution in [0.2, 0.25) is 0 Å². The van der Waals surface area contributed by atoms with Crippen molar-refractivity contribution in [2.75, 3.05) is 6.54 Å². The maximum Gasteiger partial charge on any atom is 0.432 e. The van der Waals surface area contributed by atoms with Crippen LogP contribution >= 0.6 is 0 Å². The van der Waals surface area contributed by atoms with E-state index < -0.39 is 31.7 Å². The molecule has 3 atom stereocenters. The molecule has 1 fully saturated rings. The first-order valence-corrected chi connectivity index (χ1v) is 8.59. The second-order valence-corrected chi connectivity index (χ2v) is 6.30. The number of aliphatic carboxylic acids is 2. The van der Waals surface area contributed by atoms with Gasteiger partial charge in [-0.25, -0.2) is 0 Å². The molecule has 1 aliphatic rings. The molecule has 152 valence electrons. The minimum absolute atomic E-state index is 0.0477. The van der Waals surface area contributed by atoms with E-state index in [1.807, 2.05) is 44.2 Å². The van der Waals surface area contributed by atoms with Gasteiger partial charge in [-0.2, -0.15) is 0 Å². The molecule has 9 nitrogen and oxygen atoms in total. The van der Waals surface area contributed by atoms with E-state index in [1.165, 1.54) is 0 Å². The molecule has 1 saturated heterocycles. The summed E-state index contributed by atoms with van der Waals surface area (Å²) >= 11 is 0. The van der Waals surface area contributed by atoms with Gasteiger partial charge in [-0.05, 0) is 24.5 Å². The van der Waals surface area contributed by atoms with Gasteiger partial charge in [0.2, 0.25) is 0 Å². The van der Waals surface area contributed by atoms with Gasteiger partial charge >= 0.3 is 19.6 Å². The molecule has 0 saturated carbocycles. The topological polar surface area (TPSA) is 162 Å². The molecule has 0 spiro atoms. The van der Waals surface area contributed by atoms with Crippen LogP contribution in [0.15, 0.2) is 30.3 Å². The summed E-state index contributed by atoms with van der Waals surface area (Å²) in [5.74, 6) is -0.579. The summed E-state index contributed by atoms with van der Waals surface area (Å²) in [5.41, 5.74) is 5.22. The van der Waals surface area contributed by atoms with Crippen LogP contribution in [0.25, 0.3) is 0 Å². The first kappa shape index (κ1) is 24.9. The molecule has 1 aromatic rings. The summed E-state index contributed by atoms with van der Waals surface area (Å²) in [6.45, 7) is 4.48. The molecule has 2 rings (SSSR count). The van der Waals surface area contributed by atoms with Gasteiger partial charge in [0.05, 0.1) is 0 Å². The van der Waals surface area contributed by atoms with Gasteiger partial charge in [-0.15, -0.1) is 0 Å². The lowest BCUT2D eigenvalue weighted by atomic mass is 10.1. The number of nitrogens with two attached hydrogens (primary N) is 1. The summed E-state index contributed by atoms with van der Waals surface area (Å²) in [4.78, 5) is 20.8. The molecule has 10 heteroatoms. The van der Waals surface area contributed by atoms with Gasteiger partial charge in [0.1, 0.15) is 23.9 Å². The third-order valence-corrected chi connectivity index (χ3v) is 3.48. The fraction of sp³-hybridized carbons (Fsp3) is 0.529. The van der Waals surface area contributed by atoms with Gasteiger partial charge in [0.15, 0.2) is 0 Å². The molecule has 0 radical (unpaired) electrons. The first-order chi connectivity index (χ1) is 12.7. The molecule has 0 bridgehead atoms. The van der Waals surface area contributed by atoms with Crippen molar-refractivity contribution in [2.45, 2.75) is 44.9 Å². The largest absolute Gasteiger partial charge is 0.489 e. The molecule has 0 unspecified atom stereocenters. The summed E-state index contributed by atoms with van der Waals surface area (Å²) < 4.78 is 5.63. The van der Waals surface area contributed by atoms with Crippen LogP contribution in [-0.4, -0.2) is 64.6 Å². The van der Waals surface area contributed by atoms with Crippen molar-refractivity contribution in [2.24, 2.45) is 11.7 Å². The van der Waals surface area contributed by atoms with Gasteiger partial charge in [0.25, 0.3) is 0 Å². The lowest BCUT2D eigenvalue weighted by molar-refractivity contribution is -0.140. The minimum Gasteiger partial charge on any atom is -0.489 e. The van der Waals surface area contributed by atoms with Gasteiger partial charge in [-0.1, -0.05) is 32.0 Å². The molecule has 7 N–H and O–H groups in total. The molecular weight excluding hydrogens is 355 g/mol. The standard InChI is InChI=1S/C11H13NO3.C6H13NO2.BH3O2/c13-11(14)10-6-9(7-12-10)15-8-4-2-1-3-5-8;1-4(2)3-5(7)6(8)9;2-1-3/h1-5,9-10,12H,6-7H2,(H,13,14);4-5H,3,7H2,1-2H3,(H,8,9);1-3H/t9-,10+;5-;/m10./s1. The van der Waals surface area contributed by atoms with Crippen LogP contribution in [0.5, 0.6) is 5.75 Å². The predicted octanol–water partition coefficient (Wildman–Crippen LogP) is -0.438. The SMILES string of the molecule is CC(C)C[C@H](N)C(=O)O.O=C(O)[C@@H]1C[C@@H](Oc2ccccc2)CN1.OBO. The van der Waals surface area contributed by atoms with E-state index in [9.17, 15) is 9.59 Å². The van der Waals surface area contributed by atoms with Crippen molar-refractivity contribution in [1.29, 1.82) is 0 Å². The van der Waals surface area contributed by atoms with E-state index in [4.69, 9.17) is 30.7 Å². The molecule has 1 heterocycles. The van der Waals surface area contributed by atoms with Crippen molar-refractivity contribution in [3.05, 3.63) is 30.3 Å². The second-order valence-electron chi connectivity index (χ2n) is 6.30. The summed E-state index contributed by atoms with van der Waals surface area (Å²) in [6, 6.07) is 8.28. The molecule has 0 amide bonds. The number of hydrogen-bond acceptors (Lipinski definition) is 7. The van der Waals surface area contributed by atoms with Crippen molar-refractivity contribution in [1.82, 2.24) is 5.32 Å². The van der Waals surface area contributed by atoms with Gasteiger partial charge in [-0.3, -0.25) is 9.59 Å². The summed E-state index contributed by atoms with van der Waals surface area (Å²) in [7, 11) is -0.750. The number of hydrogen-bond donors (Lipinski definition) is 6. The normalized spacial score (nSPS) is 19.0. The Morgan fingerprint density at radius 1 is 1.26 bits per heavy atom. The average molecular weight is 384 g/mol. The highest BCUT2D eigenvalue weighted by Gasteiger charge is 2.30. The van der Waals surface area contributed by atoms with Crippen molar-refractivity contribution < 1.29 is 34.6 Å². The molecule has 0 aromatic heterocycles. The van der Waals surface area contributed by atoms with E-state index >= 15 is 0 Å². The number of carboxylic acids is 2. The Morgan fingerprint density at radius 2 is 1.81 bits per heavy atom. The number of nitrogens with one attached hydrogen (secondary N) is 1. The highest BCUT2D eigenvalue weighted by Crippen LogP contribution is 2.16. The fourth-order valence-electron chi connectivity index (χ4n) is 2.28. The molecule has 27 heavy (non-hydrogen) atoms. The first-order valence-electron chi connectivity index (χ1n) is 8.59. The maximum absolute atomic E-state index is 10.7. The number of rotatable bonds is 6. The number of para-hydroxylation sites is 1. The van der Waals surface area contributed by atoms with Crippen LogP contribution in [-0.2, 0) is 9.59 Å². The molecule has 1 aliphatic heterocycles. The fourth-order valence-corrected chi connectivity index (χ4v) is 2.28. The van der Waals surface area contributed by atoms with Crippen LogP contribution in [0.3, 0.4) is 0 Å². The number of ether oxygens (including phenoxy) is 1. The third-order valence-electron chi connectivity index (χ3n) is 3.48. The van der Waals surface area contributed by atoms with Gasteiger partial charge in [0, 0.05) is 13.0 Å². The number of benzene rings is 1. The lowest BCUT2D eigenvalue weighted by Gasteiger charge is -2.11. The summed E-state index contributed by atoms with van der Waals surface area (Å²) in [6.07, 6.45) is 1.02. The van der Waals surface area contributed by atoms with E-state index in [-0.39, 0.29) is 6.10 Å². The van der Waals surface area contributed by atoms with Crippen LogP contribution < -0.4 is 15.8 Å². The minimum atomic E-state index is -0.913. The molecule has 0 aliphatic carbocycles. The van der Waals surface area contributed by atoms with E-state index in [2.05, 4.69) is 5.32 Å². The number of carboxylic acid groups (broad SMARTS) is 2. The Labute approximate surface area is 159 Å². The second kappa shape index (κ2) is 14.0. The Bertz CT molecular complexity index is 545. The van der Waals surface area contributed by atoms with E-state index in [0.29, 0.717) is 25.3 Å². The van der Waals surface area contributed by atoms with Gasteiger partial charge < -0.3 is 36.0 Å². The highest BCUT2D eigenvalue weighted by molar-refractivity contribution is 6.13. The Hall–Kier alpha value is -2.14. The smallest absolute Gasteiger partial charge is 0.432 e. The Balaban J connectivity index is 0.000000484. The highest BCUT2D eigenvalue weighted by atomic mass is 16.5. The zero-order valence-corrected chi connectivity index (χ0v) is 15.6. The maximum atomic E-state index is 10.7. The zero-order valence-electron chi connectivity index (χ0n) is 15.6. The molecule has 1 aromatic carbocycles. The van der Waals surface area contributed by atoms with Crippen molar-refractivity contribution in [3.63, 3.8) is 0 Å². The monoisotopic (exact) mass is 384 g/mol. The van der Waals surface area contributed by atoms with Crippen molar-refractivity contribution >= 4 is 19.6 Å². The van der Waals surface area contributed by atoms with Crippen LogP contribution in [0.4, 0.5) is 0 Å².